The van der Waals surface area contributed by atoms with E-state index < -0.39 is 17.7 Å². The molecule has 0 radical (unpaired) electrons. The van der Waals surface area contributed by atoms with Crippen LogP contribution in [0.15, 0.2) is 59.0 Å². The van der Waals surface area contributed by atoms with Gasteiger partial charge in [-0.25, -0.2) is 9.78 Å². The lowest BCUT2D eigenvalue weighted by molar-refractivity contribution is -0.137. The molecule has 0 aliphatic rings. The number of hydrogen-bond acceptors (Lipinski definition) is 7. The monoisotopic (exact) mass is 434 g/mol. The van der Waals surface area contributed by atoms with E-state index in [1.54, 1.807) is 29.6 Å². The van der Waals surface area contributed by atoms with Gasteiger partial charge < -0.3 is 10.1 Å². The quantitative estimate of drug-likeness (QED) is 0.303. The lowest BCUT2D eigenvalue weighted by Crippen LogP contribution is -2.13. The molecule has 0 aliphatic heterocycles. The number of nitrogens with zero attached hydrogens (tertiary/aromatic N) is 2. The summed E-state index contributed by atoms with van der Waals surface area (Å²) in [6, 6.07) is 12.1. The topological polar surface area (TPSA) is 75.6 Å². The fourth-order valence-corrected chi connectivity index (χ4v) is 3.19. The van der Waals surface area contributed by atoms with E-state index in [0.29, 0.717) is 22.2 Å². The highest BCUT2D eigenvalue weighted by Crippen LogP contribution is 2.33. The van der Waals surface area contributed by atoms with E-state index >= 15 is 0 Å². The van der Waals surface area contributed by atoms with Crippen LogP contribution in [0.3, 0.4) is 0 Å². The summed E-state index contributed by atoms with van der Waals surface area (Å²) in [6.07, 6.45) is -4.41. The Labute approximate surface area is 174 Å². The molecule has 0 spiro atoms. The third-order valence-corrected chi connectivity index (χ3v) is 4.69. The maximum atomic E-state index is 12.9. The molecule has 0 aliphatic carbocycles. The summed E-state index contributed by atoms with van der Waals surface area (Å²) in [5.41, 5.74) is 4.57. The lowest BCUT2D eigenvalue weighted by atomic mass is 10.1. The fraction of sp³-hybridized carbons (Fsp3) is 0.150. The number of benzene rings is 2. The average Bonchev–Trinajstić information content (AvgIpc) is 3.19. The minimum atomic E-state index is -4.41. The Bertz CT molecular complexity index is 1080. The minimum absolute atomic E-state index is 0.170. The molecule has 10 heteroatoms. The number of halogens is 3. The molecule has 0 bridgehead atoms. The number of nitrogens with one attached hydrogen (secondary N) is 2. The zero-order valence-corrected chi connectivity index (χ0v) is 16.8. The van der Waals surface area contributed by atoms with Crippen molar-refractivity contribution in [2.75, 3.05) is 17.9 Å². The van der Waals surface area contributed by atoms with E-state index in [1.807, 2.05) is 6.07 Å². The Morgan fingerprint density at radius 1 is 1.13 bits per heavy atom. The Morgan fingerprint density at radius 2 is 1.87 bits per heavy atom. The van der Waals surface area contributed by atoms with Gasteiger partial charge in [-0.3, -0.25) is 5.43 Å². The summed E-state index contributed by atoms with van der Waals surface area (Å²) in [7, 11) is 1.27. The van der Waals surface area contributed by atoms with Gasteiger partial charge in [0.25, 0.3) is 0 Å². The number of esters is 1. The Hall–Kier alpha value is -3.40. The van der Waals surface area contributed by atoms with Gasteiger partial charge in [-0.2, -0.15) is 18.3 Å². The van der Waals surface area contributed by atoms with Crippen molar-refractivity contribution in [1.82, 2.24) is 4.98 Å². The van der Waals surface area contributed by atoms with E-state index in [0.717, 1.165) is 17.7 Å². The second kappa shape index (κ2) is 8.95. The van der Waals surface area contributed by atoms with Crippen molar-refractivity contribution in [3.05, 3.63) is 59.5 Å². The van der Waals surface area contributed by atoms with Crippen molar-refractivity contribution < 1.29 is 22.7 Å². The van der Waals surface area contributed by atoms with E-state index in [4.69, 9.17) is 0 Å². The van der Waals surface area contributed by atoms with Crippen LogP contribution in [0, 0.1) is 0 Å². The molecule has 3 aromatic rings. The smallest absolute Gasteiger partial charge is 0.416 e. The van der Waals surface area contributed by atoms with Crippen molar-refractivity contribution in [1.29, 1.82) is 0 Å². The second-order valence-corrected chi connectivity index (χ2v) is 6.98. The number of ether oxygens (including phenoxy) is 1. The number of carbonyl (C=O) groups excluding carboxylic acids is 1. The summed E-state index contributed by atoms with van der Waals surface area (Å²) in [4.78, 5) is 15.8. The number of alkyl halides is 3. The highest BCUT2D eigenvalue weighted by Gasteiger charge is 2.30. The number of rotatable bonds is 6. The van der Waals surface area contributed by atoms with Crippen LogP contribution >= 0.6 is 11.3 Å². The summed E-state index contributed by atoms with van der Waals surface area (Å²) in [6.45, 7) is 1.52. The zero-order valence-electron chi connectivity index (χ0n) is 15.9. The first-order valence-corrected chi connectivity index (χ1v) is 9.53. The Kier molecular flexibility index (Phi) is 6.36. The van der Waals surface area contributed by atoms with Crippen molar-refractivity contribution in [2.45, 2.75) is 13.1 Å². The van der Waals surface area contributed by atoms with E-state index in [9.17, 15) is 18.0 Å². The molecule has 0 fully saturated rings. The molecule has 156 valence electrons. The fourth-order valence-electron chi connectivity index (χ4n) is 2.45. The van der Waals surface area contributed by atoms with Crippen molar-refractivity contribution >= 4 is 39.5 Å². The third-order valence-electron chi connectivity index (χ3n) is 3.94. The largest absolute Gasteiger partial charge is 0.464 e. The van der Waals surface area contributed by atoms with E-state index in [1.165, 1.54) is 31.4 Å². The Balaban J connectivity index is 1.74. The van der Waals surface area contributed by atoms with Crippen molar-refractivity contribution in [3.8, 4) is 11.3 Å². The number of methoxy groups -OCH3 is 1. The second-order valence-electron chi connectivity index (χ2n) is 6.12. The van der Waals surface area contributed by atoms with Crippen LogP contribution in [-0.2, 0) is 15.7 Å². The predicted octanol–water partition coefficient (Wildman–Crippen LogP) is 5.53. The van der Waals surface area contributed by atoms with E-state index in [-0.39, 0.29) is 5.71 Å². The van der Waals surface area contributed by atoms with Crippen LogP contribution in [0.2, 0.25) is 0 Å². The van der Waals surface area contributed by atoms with Gasteiger partial charge >= 0.3 is 12.1 Å². The molecule has 0 atom stereocenters. The summed E-state index contributed by atoms with van der Waals surface area (Å²) < 4.78 is 43.2. The van der Waals surface area contributed by atoms with Gasteiger partial charge in [0.1, 0.15) is 5.71 Å². The summed E-state index contributed by atoms with van der Waals surface area (Å²) in [5.74, 6) is -0.538. The maximum absolute atomic E-state index is 12.9. The molecule has 0 saturated heterocycles. The van der Waals surface area contributed by atoms with Crippen LogP contribution in [0.4, 0.5) is 29.7 Å². The maximum Gasteiger partial charge on any atom is 0.416 e. The first kappa shape index (κ1) is 21.3. The number of hydrazone groups is 1. The van der Waals surface area contributed by atoms with E-state index in [2.05, 4.69) is 25.6 Å². The summed E-state index contributed by atoms with van der Waals surface area (Å²) in [5, 5.41) is 9.11. The molecule has 2 N–H and O–H groups in total. The van der Waals surface area contributed by atoms with Crippen molar-refractivity contribution in [3.63, 3.8) is 0 Å². The highest BCUT2D eigenvalue weighted by atomic mass is 32.1. The first-order chi connectivity index (χ1) is 14.3. The number of thiazole rings is 1. The van der Waals surface area contributed by atoms with Crippen LogP contribution < -0.4 is 10.7 Å². The van der Waals surface area contributed by atoms with Gasteiger partial charge in [-0.15, -0.1) is 11.3 Å². The Morgan fingerprint density at radius 3 is 2.60 bits per heavy atom. The predicted molar refractivity (Wildman–Crippen MR) is 111 cm³/mol. The van der Waals surface area contributed by atoms with Gasteiger partial charge in [0.2, 0.25) is 0 Å². The highest BCUT2D eigenvalue weighted by molar-refractivity contribution is 7.14. The SMILES string of the molecule is COC(=O)C(C)=NNc1cccc(-c2csc(Nc3cccc(C(F)(F)F)c3)n2)c1. The normalized spacial score (nSPS) is 11.8. The van der Waals surface area contributed by atoms with Gasteiger partial charge in [0, 0.05) is 16.6 Å². The van der Waals surface area contributed by atoms with Crippen LogP contribution in [-0.4, -0.2) is 23.8 Å². The molecular weight excluding hydrogens is 417 g/mol. The zero-order chi connectivity index (χ0) is 21.7. The molecule has 30 heavy (non-hydrogen) atoms. The van der Waals surface area contributed by atoms with Crippen LogP contribution in [0.25, 0.3) is 11.3 Å². The van der Waals surface area contributed by atoms with Crippen LogP contribution in [0.1, 0.15) is 12.5 Å². The molecule has 1 heterocycles. The van der Waals surface area contributed by atoms with Crippen molar-refractivity contribution in [2.24, 2.45) is 5.10 Å². The molecule has 0 unspecified atom stereocenters. The molecule has 6 nitrogen and oxygen atoms in total. The number of hydrogen-bond donors (Lipinski definition) is 2. The number of carbonyl (C=O) groups is 1. The summed E-state index contributed by atoms with van der Waals surface area (Å²) >= 11 is 1.27. The molecule has 2 aromatic carbocycles. The molecule has 0 amide bonds. The minimum Gasteiger partial charge on any atom is -0.464 e. The first-order valence-electron chi connectivity index (χ1n) is 8.65. The standard InChI is InChI=1S/C20H17F3N4O2S/c1-12(18(28)29-2)26-27-16-8-3-5-13(9-16)17-11-30-19(25-17)24-15-7-4-6-14(10-15)20(21,22)23/h3-11,27H,1-2H3,(H,24,25). The van der Waals surface area contributed by atoms with Gasteiger partial charge in [-0.1, -0.05) is 18.2 Å². The van der Waals surface area contributed by atoms with Gasteiger partial charge in [-0.05, 0) is 37.3 Å². The lowest BCUT2D eigenvalue weighted by Gasteiger charge is -2.09. The molecule has 0 saturated carbocycles. The molecule has 3 rings (SSSR count). The number of anilines is 3. The van der Waals surface area contributed by atoms with Gasteiger partial charge in [0.05, 0.1) is 24.1 Å². The number of aromatic nitrogens is 1. The molecular formula is C20H17F3N4O2S. The van der Waals surface area contributed by atoms with Crippen LogP contribution in [0.5, 0.6) is 0 Å². The third kappa shape index (κ3) is 5.35. The van der Waals surface area contributed by atoms with Gasteiger partial charge in [0.15, 0.2) is 5.13 Å². The average molecular weight is 434 g/mol. The molecule has 1 aromatic heterocycles.